The van der Waals surface area contributed by atoms with Crippen molar-refractivity contribution >= 4 is 16.8 Å². The second kappa shape index (κ2) is 3.35. The SMILES string of the molecule is NC1CC1NC(=O)c1cccc2[nH]ccc12. The summed E-state index contributed by atoms with van der Waals surface area (Å²) in [5.74, 6) is -0.0387. The summed E-state index contributed by atoms with van der Waals surface area (Å²) in [5.41, 5.74) is 7.35. The van der Waals surface area contributed by atoms with E-state index >= 15 is 0 Å². The highest BCUT2D eigenvalue weighted by Crippen LogP contribution is 2.21. The molecular formula is C12H13N3O. The van der Waals surface area contributed by atoms with Gasteiger partial charge in [0.05, 0.1) is 0 Å². The van der Waals surface area contributed by atoms with Crippen molar-refractivity contribution in [3.05, 3.63) is 36.0 Å². The maximum Gasteiger partial charge on any atom is 0.252 e. The molecule has 16 heavy (non-hydrogen) atoms. The maximum atomic E-state index is 12.0. The lowest BCUT2D eigenvalue weighted by molar-refractivity contribution is 0.0952. The molecule has 1 heterocycles. The largest absolute Gasteiger partial charge is 0.361 e. The number of hydrogen-bond acceptors (Lipinski definition) is 2. The van der Waals surface area contributed by atoms with Crippen LogP contribution in [0.15, 0.2) is 30.5 Å². The van der Waals surface area contributed by atoms with Gasteiger partial charge in [0.1, 0.15) is 0 Å². The van der Waals surface area contributed by atoms with Crippen LogP contribution in [-0.2, 0) is 0 Å². The summed E-state index contributed by atoms with van der Waals surface area (Å²) in [6.07, 6.45) is 2.72. The third-order valence-electron chi connectivity index (χ3n) is 3.00. The molecule has 1 fully saturated rings. The van der Waals surface area contributed by atoms with Crippen LogP contribution in [0.1, 0.15) is 16.8 Å². The first-order valence-electron chi connectivity index (χ1n) is 5.38. The molecule has 82 valence electrons. The lowest BCUT2D eigenvalue weighted by Crippen LogP contribution is -2.29. The van der Waals surface area contributed by atoms with E-state index in [1.165, 1.54) is 0 Å². The standard InChI is InChI=1S/C12H13N3O/c13-9-6-11(9)15-12(16)8-2-1-3-10-7(8)4-5-14-10/h1-5,9,11,14H,6,13H2,(H,15,16). The molecule has 1 aromatic heterocycles. The highest BCUT2D eigenvalue weighted by molar-refractivity contribution is 6.06. The van der Waals surface area contributed by atoms with Crippen molar-refractivity contribution in [2.24, 2.45) is 5.73 Å². The van der Waals surface area contributed by atoms with E-state index in [1.807, 2.05) is 30.5 Å². The lowest BCUT2D eigenvalue weighted by atomic mass is 10.1. The Labute approximate surface area is 92.8 Å². The molecule has 4 nitrogen and oxygen atoms in total. The molecule has 4 N–H and O–H groups in total. The second-order valence-corrected chi connectivity index (χ2v) is 4.22. The van der Waals surface area contributed by atoms with Gasteiger partial charge in [-0.25, -0.2) is 0 Å². The Morgan fingerprint density at radius 1 is 1.44 bits per heavy atom. The fourth-order valence-corrected chi connectivity index (χ4v) is 1.91. The molecule has 0 saturated heterocycles. The van der Waals surface area contributed by atoms with Crippen molar-refractivity contribution in [1.82, 2.24) is 10.3 Å². The molecule has 1 aliphatic carbocycles. The molecule has 2 aromatic rings. The van der Waals surface area contributed by atoms with Crippen LogP contribution in [0.5, 0.6) is 0 Å². The summed E-state index contributed by atoms with van der Waals surface area (Å²) in [7, 11) is 0. The summed E-state index contributed by atoms with van der Waals surface area (Å²) in [4.78, 5) is 15.1. The quantitative estimate of drug-likeness (QED) is 0.699. The molecule has 2 atom stereocenters. The number of aromatic amines is 1. The van der Waals surface area contributed by atoms with E-state index in [0.717, 1.165) is 17.3 Å². The van der Waals surface area contributed by atoms with Gasteiger partial charge >= 0.3 is 0 Å². The molecule has 1 aromatic carbocycles. The fraction of sp³-hybridized carbons (Fsp3) is 0.250. The molecule has 2 unspecified atom stereocenters. The van der Waals surface area contributed by atoms with Crippen LogP contribution in [-0.4, -0.2) is 23.0 Å². The van der Waals surface area contributed by atoms with Crippen molar-refractivity contribution in [3.63, 3.8) is 0 Å². The molecule has 3 rings (SSSR count). The van der Waals surface area contributed by atoms with Crippen molar-refractivity contribution in [1.29, 1.82) is 0 Å². The minimum atomic E-state index is -0.0387. The number of hydrogen-bond donors (Lipinski definition) is 3. The Balaban J connectivity index is 1.92. The van der Waals surface area contributed by atoms with Gasteiger partial charge in [-0.15, -0.1) is 0 Å². The number of fused-ring (bicyclic) bond motifs is 1. The van der Waals surface area contributed by atoms with Crippen molar-refractivity contribution in [3.8, 4) is 0 Å². The topological polar surface area (TPSA) is 70.9 Å². The number of amides is 1. The van der Waals surface area contributed by atoms with E-state index in [1.54, 1.807) is 0 Å². The van der Waals surface area contributed by atoms with Gasteiger partial charge in [0.15, 0.2) is 0 Å². The van der Waals surface area contributed by atoms with E-state index in [2.05, 4.69) is 10.3 Å². The van der Waals surface area contributed by atoms with E-state index in [-0.39, 0.29) is 18.0 Å². The second-order valence-electron chi connectivity index (χ2n) is 4.22. The van der Waals surface area contributed by atoms with Gasteiger partial charge in [0.25, 0.3) is 5.91 Å². The number of carbonyl (C=O) groups is 1. The number of benzene rings is 1. The fourth-order valence-electron chi connectivity index (χ4n) is 1.91. The number of rotatable bonds is 2. The van der Waals surface area contributed by atoms with Crippen LogP contribution >= 0.6 is 0 Å². The monoisotopic (exact) mass is 215 g/mol. The van der Waals surface area contributed by atoms with E-state index < -0.39 is 0 Å². The zero-order chi connectivity index (χ0) is 11.1. The molecule has 1 aliphatic rings. The average molecular weight is 215 g/mol. The van der Waals surface area contributed by atoms with Gasteiger partial charge < -0.3 is 16.0 Å². The van der Waals surface area contributed by atoms with E-state index in [9.17, 15) is 4.79 Å². The van der Waals surface area contributed by atoms with Crippen LogP contribution in [0.2, 0.25) is 0 Å². The molecule has 4 heteroatoms. The predicted molar refractivity (Wildman–Crippen MR) is 62.1 cm³/mol. The zero-order valence-corrected chi connectivity index (χ0v) is 8.73. The third kappa shape index (κ3) is 1.47. The molecule has 0 aliphatic heterocycles. The number of H-pyrrole nitrogens is 1. The Hall–Kier alpha value is -1.81. The summed E-state index contributed by atoms with van der Waals surface area (Å²) in [5, 5.41) is 3.88. The first kappa shape index (κ1) is 9.42. The smallest absolute Gasteiger partial charge is 0.252 e. The average Bonchev–Trinajstić information content (AvgIpc) is 2.81. The van der Waals surface area contributed by atoms with Crippen LogP contribution in [0, 0.1) is 0 Å². The first-order valence-corrected chi connectivity index (χ1v) is 5.38. The van der Waals surface area contributed by atoms with Crippen molar-refractivity contribution in [2.45, 2.75) is 18.5 Å². The van der Waals surface area contributed by atoms with Crippen molar-refractivity contribution in [2.75, 3.05) is 0 Å². The Morgan fingerprint density at radius 2 is 2.25 bits per heavy atom. The molecule has 0 spiro atoms. The molecular weight excluding hydrogens is 202 g/mol. The predicted octanol–water partition coefficient (Wildman–Crippen LogP) is 0.997. The van der Waals surface area contributed by atoms with Crippen LogP contribution in [0.4, 0.5) is 0 Å². The van der Waals surface area contributed by atoms with Gasteiger partial charge in [-0.2, -0.15) is 0 Å². The minimum Gasteiger partial charge on any atom is -0.361 e. The summed E-state index contributed by atoms with van der Waals surface area (Å²) in [6, 6.07) is 7.86. The molecule has 1 amide bonds. The highest BCUT2D eigenvalue weighted by Gasteiger charge is 2.35. The van der Waals surface area contributed by atoms with Gasteiger partial charge in [0, 0.05) is 34.7 Å². The summed E-state index contributed by atoms with van der Waals surface area (Å²) < 4.78 is 0. The summed E-state index contributed by atoms with van der Waals surface area (Å²) >= 11 is 0. The molecule has 0 bridgehead atoms. The number of aromatic nitrogens is 1. The summed E-state index contributed by atoms with van der Waals surface area (Å²) in [6.45, 7) is 0. The Kier molecular flexibility index (Phi) is 1.97. The van der Waals surface area contributed by atoms with Gasteiger partial charge in [-0.3, -0.25) is 4.79 Å². The van der Waals surface area contributed by atoms with Gasteiger partial charge in [-0.1, -0.05) is 6.07 Å². The van der Waals surface area contributed by atoms with Gasteiger partial charge in [0.2, 0.25) is 0 Å². The highest BCUT2D eigenvalue weighted by atomic mass is 16.1. The minimum absolute atomic E-state index is 0.0387. The lowest BCUT2D eigenvalue weighted by Gasteiger charge is -2.04. The third-order valence-corrected chi connectivity index (χ3v) is 3.00. The normalized spacial score (nSPS) is 23.3. The zero-order valence-electron chi connectivity index (χ0n) is 8.73. The van der Waals surface area contributed by atoms with Crippen LogP contribution in [0.25, 0.3) is 10.9 Å². The van der Waals surface area contributed by atoms with E-state index in [0.29, 0.717) is 5.56 Å². The number of nitrogens with one attached hydrogen (secondary N) is 2. The van der Waals surface area contributed by atoms with Crippen molar-refractivity contribution < 1.29 is 4.79 Å². The van der Waals surface area contributed by atoms with E-state index in [4.69, 9.17) is 5.73 Å². The maximum absolute atomic E-state index is 12.0. The van der Waals surface area contributed by atoms with Gasteiger partial charge in [-0.05, 0) is 24.6 Å². The van der Waals surface area contributed by atoms with Crippen LogP contribution < -0.4 is 11.1 Å². The molecule has 0 radical (unpaired) electrons. The Bertz CT molecular complexity index is 546. The Morgan fingerprint density at radius 3 is 3.00 bits per heavy atom. The molecule has 1 saturated carbocycles. The van der Waals surface area contributed by atoms with Crippen LogP contribution in [0.3, 0.4) is 0 Å². The number of nitrogens with two attached hydrogens (primary N) is 1. The number of carbonyl (C=O) groups excluding carboxylic acids is 1. The first-order chi connectivity index (χ1) is 7.75.